The molecule has 1 aliphatic rings. The van der Waals surface area contributed by atoms with Gasteiger partial charge in [-0.25, -0.2) is 0 Å². The third-order valence-electron chi connectivity index (χ3n) is 3.70. The molecule has 1 aliphatic carbocycles. The Labute approximate surface area is 150 Å². The minimum Gasteiger partial charge on any atom is -0.109 e. The lowest BCUT2D eigenvalue weighted by Crippen LogP contribution is -2.16. The second-order valence-electron chi connectivity index (χ2n) is 5.17. The van der Waals surface area contributed by atoms with Crippen molar-refractivity contribution >= 4 is 52.0 Å². The van der Waals surface area contributed by atoms with Crippen molar-refractivity contribution in [2.45, 2.75) is 11.3 Å². The van der Waals surface area contributed by atoms with Gasteiger partial charge in [-0.2, -0.15) is 0 Å². The largest absolute Gasteiger partial charge is 0.109 e. The smallest absolute Gasteiger partial charge is 0.0912 e. The van der Waals surface area contributed by atoms with Crippen molar-refractivity contribution in [3.63, 3.8) is 0 Å². The summed E-state index contributed by atoms with van der Waals surface area (Å²) < 4.78 is 0. The molecule has 0 radical (unpaired) electrons. The molecule has 0 spiro atoms. The van der Waals surface area contributed by atoms with Gasteiger partial charge in [-0.05, 0) is 29.7 Å². The van der Waals surface area contributed by atoms with E-state index in [1.54, 1.807) is 12.1 Å². The average Bonchev–Trinajstić information content (AvgIpc) is 2.49. The number of allylic oxidation sites excluding steroid dienone is 4. The number of hydrogen-bond donors (Lipinski definition) is 0. The monoisotopic (exact) mass is 368 g/mol. The van der Waals surface area contributed by atoms with Crippen LogP contribution < -0.4 is 0 Å². The quantitative estimate of drug-likeness (QED) is 0.494. The van der Waals surface area contributed by atoms with Gasteiger partial charge in [0, 0.05) is 10.6 Å². The van der Waals surface area contributed by atoms with Gasteiger partial charge in [-0.1, -0.05) is 83.4 Å². The van der Waals surface area contributed by atoms with Crippen molar-refractivity contribution in [1.29, 1.82) is 0 Å². The first kappa shape index (κ1) is 16.0. The number of halogens is 4. The maximum atomic E-state index is 6.74. The Morgan fingerprint density at radius 2 is 1.55 bits per heavy atom. The van der Waals surface area contributed by atoms with Crippen molar-refractivity contribution in [2.24, 2.45) is 0 Å². The van der Waals surface area contributed by atoms with Crippen LogP contribution in [0.5, 0.6) is 0 Å². The Morgan fingerprint density at radius 3 is 2.09 bits per heavy atom. The Bertz CT molecular complexity index is 739. The Hall–Kier alpha value is -0.920. The molecule has 0 saturated heterocycles. The zero-order valence-electron chi connectivity index (χ0n) is 11.5. The van der Waals surface area contributed by atoms with Crippen LogP contribution in [-0.2, 0) is 4.87 Å². The van der Waals surface area contributed by atoms with Crippen LogP contribution in [0.25, 0.3) is 5.57 Å². The lowest BCUT2D eigenvalue weighted by atomic mass is 9.87. The first-order valence-corrected chi connectivity index (χ1v) is 8.29. The molecular formula is C18H12Cl4. The Morgan fingerprint density at radius 1 is 0.909 bits per heavy atom. The van der Waals surface area contributed by atoms with Crippen LogP contribution >= 0.6 is 46.4 Å². The van der Waals surface area contributed by atoms with Gasteiger partial charge in [0.05, 0.1) is 14.9 Å². The summed E-state index contributed by atoms with van der Waals surface area (Å²) in [6.45, 7) is 0. The van der Waals surface area contributed by atoms with E-state index in [2.05, 4.69) is 6.08 Å². The number of benzene rings is 2. The second-order valence-corrected chi connectivity index (χ2v) is 7.10. The van der Waals surface area contributed by atoms with Gasteiger partial charge in [-0.15, -0.1) is 11.6 Å². The summed E-state index contributed by atoms with van der Waals surface area (Å²) in [6.07, 6.45) is 6.67. The Balaban J connectivity index is 1.95. The normalized spacial score (nSPS) is 20.8. The highest BCUT2D eigenvalue weighted by molar-refractivity contribution is 6.40. The molecule has 0 saturated carbocycles. The third kappa shape index (κ3) is 3.07. The van der Waals surface area contributed by atoms with E-state index in [0.717, 1.165) is 16.7 Å². The number of rotatable bonds is 2. The van der Waals surface area contributed by atoms with E-state index in [-0.39, 0.29) is 0 Å². The molecule has 112 valence electrons. The van der Waals surface area contributed by atoms with Gasteiger partial charge in [0.1, 0.15) is 0 Å². The molecule has 0 N–H and O–H groups in total. The van der Waals surface area contributed by atoms with E-state index < -0.39 is 4.87 Å². The molecule has 1 unspecified atom stereocenters. The van der Waals surface area contributed by atoms with Gasteiger partial charge in [0.2, 0.25) is 0 Å². The molecule has 0 aliphatic heterocycles. The molecule has 2 aromatic carbocycles. The fourth-order valence-electron chi connectivity index (χ4n) is 2.55. The van der Waals surface area contributed by atoms with E-state index in [1.807, 2.05) is 42.5 Å². The molecule has 0 heterocycles. The third-order valence-corrected chi connectivity index (χ3v) is 5.01. The molecule has 0 bridgehead atoms. The topological polar surface area (TPSA) is 0 Å². The molecule has 0 fully saturated rings. The van der Waals surface area contributed by atoms with E-state index in [0.29, 0.717) is 21.5 Å². The van der Waals surface area contributed by atoms with Crippen LogP contribution in [0, 0.1) is 0 Å². The van der Waals surface area contributed by atoms with E-state index in [4.69, 9.17) is 46.4 Å². The molecule has 0 amide bonds. The van der Waals surface area contributed by atoms with Crippen LogP contribution in [0.15, 0.2) is 60.7 Å². The summed E-state index contributed by atoms with van der Waals surface area (Å²) in [5.74, 6) is 0. The van der Waals surface area contributed by atoms with Crippen LogP contribution in [0.4, 0.5) is 0 Å². The summed E-state index contributed by atoms with van der Waals surface area (Å²) in [5.41, 5.74) is 2.81. The fraction of sp³-hybridized carbons (Fsp3) is 0.111. The number of hydrogen-bond acceptors (Lipinski definition) is 0. The highest BCUT2D eigenvalue weighted by Crippen LogP contribution is 2.42. The van der Waals surface area contributed by atoms with Gasteiger partial charge < -0.3 is 0 Å². The van der Waals surface area contributed by atoms with Crippen molar-refractivity contribution < 1.29 is 0 Å². The molecule has 0 aromatic heterocycles. The first-order chi connectivity index (χ1) is 10.5. The van der Waals surface area contributed by atoms with Crippen molar-refractivity contribution in [3.05, 3.63) is 86.9 Å². The van der Waals surface area contributed by atoms with Gasteiger partial charge in [0.25, 0.3) is 0 Å². The zero-order valence-corrected chi connectivity index (χ0v) is 14.5. The second kappa shape index (κ2) is 6.29. The molecular weight excluding hydrogens is 358 g/mol. The zero-order chi connectivity index (χ0) is 15.7. The molecule has 22 heavy (non-hydrogen) atoms. The molecule has 4 heteroatoms. The van der Waals surface area contributed by atoms with E-state index in [1.165, 1.54) is 0 Å². The predicted octanol–water partition coefficient (Wildman–Crippen LogP) is 7.12. The SMILES string of the molecule is Clc1cc(Cl)c(C2=CCC(Cl)(c3ccccc3)C=C2)c(Cl)c1. The molecule has 3 rings (SSSR count). The number of alkyl halides is 1. The minimum atomic E-state index is -0.532. The van der Waals surface area contributed by atoms with Gasteiger partial charge in [0.15, 0.2) is 0 Å². The van der Waals surface area contributed by atoms with Crippen molar-refractivity contribution in [2.75, 3.05) is 0 Å². The summed E-state index contributed by atoms with van der Waals surface area (Å²) in [6, 6.07) is 13.4. The van der Waals surface area contributed by atoms with Crippen LogP contribution in [-0.4, -0.2) is 0 Å². The van der Waals surface area contributed by atoms with Gasteiger partial charge >= 0.3 is 0 Å². The van der Waals surface area contributed by atoms with E-state index >= 15 is 0 Å². The molecule has 0 nitrogen and oxygen atoms in total. The van der Waals surface area contributed by atoms with Crippen molar-refractivity contribution in [3.8, 4) is 0 Å². The predicted molar refractivity (Wildman–Crippen MR) is 97.2 cm³/mol. The van der Waals surface area contributed by atoms with Gasteiger partial charge in [-0.3, -0.25) is 0 Å². The standard InChI is InChI=1S/C18H12Cl4/c19-14-10-15(20)17(16(21)11-14)12-6-8-18(22,9-7-12)13-4-2-1-3-5-13/h1-8,10-11H,9H2. The van der Waals surface area contributed by atoms with Crippen molar-refractivity contribution in [1.82, 2.24) is 0 Å². The van der Waals surface area contributed by atoms with E-state index in [9.17, 15) is 0 Å². The highest BCUT2D eigenvalue weighted by Gasteiger charge is 2.28. The maximum absolute atomic E-state index is 6.74. The Kier molecular flexibility index (Phi) is 4.56. The summed E-state index contributed by atoms with van der Waals surface area (Å²) >= 11 is 25.3. The highest BCUT2D eigenvalue weighted by atomic mass is 35.5. The lowest BCUT2D eigenvalue weighted by Gasteiger charge is -2.26. The van der Waals surface area contributed by atoms with Crippen LogP contribution in [0.3, 0.4) is 0 Å². The molecule has 2 aromatic rings. The lowest BCUT2D eigenvalue weighted by molar-refractivity contribution is 0.766. The van der Waals surface area contributed by atoms with Crippen LogP contribution in [0.2, 0.25) is 15.1 Å². The maximum Gasteiger partial charge on any atom is 0.0912 e. The summed E-state index contributed by atoms with van der Waals surface area (Å²) in [4.78, 5) is -0.532. The minimum absolute atomic E-state index is 0.523. The summed E-state index contributed by atoms with van der Waals surface area (Å²) in [7, 11) is 0. The average molecular weight is 370 g/mol. The molecule has 1 atom stereocenters. The summed E-state index contributed by atoms with van der Waals surface area (Å²) in [5, 5.41) is 1.60. The van der Waals surface area contributed by atoms with Crippen LogP contribution in [0.1, 0.15) is 17.5 Å². The first-order valence-electron chi connectivity index (χ1n) is 6.78. The fourth-order valence-corrected chi connectivity index (χ4v) is 3.85.